The first kappa shape index (κ1) is 19.7. The lowest BCUT2D eigenvalue weighted by atomic mass is 10.1. The van der Waals surface area contributed by atoms with E-state index in [2.05, 4.69) is 0 Å². The maximum atomic E-state index is 12.9. The summed E-state index contributed by atoms with van der Waals surface area (Å²) in [6, 6.07) is 10.8. The number of hydrogen-bond acceptors (Lipinski definition) is 5. The maximum absolute atomic E-state index is 12.9. The number of benzene rings is 1. The van der Waals surface area contributed by atoms with Gasteiger partial charge in [-0.3, -0.25) is 14.4 Å². The van der Waals surface area contributed by atoms with Crippen molar-refractivity contribution in [2.24, 2.45) is 0 Å². The molecule has 1 saturated heterocycles. The van der Waals surface area contributed by atoms with Gasteiger partial charge in [0.25, 0.3) is 5.91 Å². The van der Waals surface area contributed by atoms with Crippen molar-refractivity contribution in [3.63, 3.8) is 0 Å². The van der Waals surface area contributed by atoms with Crippen molar-refractivity contribution in [2.75, 3.05) is 20.2 Å². The lowest BCUT2D eigenvalue weighted by Gasteiger charge is -2.31. The molecule has 0 unspecified atom stereocenters. The van der Waals surface area contributed by atoms with Crippen LogP contribution in [0.25, 0.3) is 0 Å². The zero-order valence-electron chi connectivity index (χ0n) is 16.1. The molecule has 1 fully saturated rings. The number of hydrogen-bond donors (Lipinski definition) is 0. The first-order valence-electron chi connectivity index (χ1n) is 9.33. The van der Waals surface area contributed by atoms with Crippen LogP contribution in [0.5, 0.6) is 5.75 Å². The molecule has 7 nitrogen and oxygen atoms in total. The number of methoxy groups -OCH3 is 1. The van der Waals surface area contributed by atoms with Crippen LogP contribution in [0, 0.1) is 0 Å². The third kappa shape index (κ3) is 4.24. The molecule has 1 aliphatic heterocycles. The molecule has 2 heterocycles. The van der Waals surface area contributed by atoms with Gasteiger partial charge in [-0.05, 0) is 12.0 Å². The van der Waals surface area contributed by atoms with Gasteiger partial charge in [-0.2, -0.15) is 0 Å². The molecule has 1 aliphatic rings. The molecule has 0 spiro atoms. The molecule has 0 bridgehead atoms. The van der Waals surface area contributed by atoms with Gasteiger partial charge >= 0.3 is 0 Å². The van der Waals surface area contributed by atoms with Gasteiger partial charge in [-0.25, -0.2) is 0 Å². The Bertz CT molecular complexity index is 893. The molecule has 148 valence electrons. The second-order valence-electron chi connectivity index (χ2n) is 6.75. The second-order valence-corrected chi connectivity index (χ2v) is 6.75. The average molecular weight is 384 g/mol. The minimum absolute atomic E-state index is 0.0159. The van der Waals surface area contributed by atoms with E-state index in [1.165, 1.54) is 7.11 Å². The first-order chi connectivity index (χ1) is 13.5. The monoisotopic (exact) mass is 384 g/mol. The standard InChI is InChI=1S/C21H24N2O5/c1-3-16-13-22(21(26)18-11-17(24)19(27-2)14-28-18)10-9-20(25)23(16)12-15-7-5-4-6-8-15/h4-8,11,14,16H,3,9-10,12-13H2,1-2H3/t16-/m0/s1. The number of carbonyl (C=O) groups is 2. The molecule has 7 heteroatoms. The minimum Gasteiger partial charge on any atom is -0.490 e. The van der Waals surface area contributed by atoms with Gasteiger partial charge < -0.3 is 19.0 Å². The fourth-order valence-electron chi connectivity index (χ4n) is 3.37. The molecule has 2 aromatic rings. The van der Waals surface area contributed by atoms with Crippen molar-refractivity contribution in [2.45, 2.75) is 32.4 Å². The molecule has 0 radical (unpaired) electrons. The largest absolute Gasteiger partial charge is 0.490 e. The number of ether oxygens (including phenoxy) is 1. The smallest absolute Gasteiger partial charge is 0.289 e. The topological polar surface area (TPSA) is 80.1 Å². The summed E-state index contributed by atoms with van der Waals surface area (Å²) in [5.41, 5.74) is 0.635. The predicted molar refractivity (Wildman–Crippen MR) is 103 cm³/mol. The molecule has 1 atom stereocenters. The van der Waals surface area contributed by atoms with Crippen molar-refractivity contribution in [1.82, 2.24) is 9.80 Å². The van der Waals surface area contributed by atoms with Gasteiger partial charge in [0.1, 0.15) is 6.26 Å². The summed E-state index contributed by atoms with van der Waals surface area (Å²) < 4.78 is 10.2. The van der Waals surface area contributed by atoms with E-state index < -0.39 is 11.3 Å². The Hall–Kier alpha value is -3.09. The van der Waals surface area contributed by atoms with Gasteiger partial charge in [0.2, 0.25) is 17.1 Å². The van der Waals surface area contributed by atoms with Crippen molar-refractivity contribution < 1.29 is 18.7 Å². The highest BCUT2D eigenvalue weighted by atomic mass is 16.5. The van der Waals surface area contributed by atoms with Gasteiger partial charge in [0.05, 0.1) is 7.11 Å². The quantitative estimate of drug-likeness (QED) is 0.790. The van der Waals surface area contributed by atoms with E-state index in [4.69, 9.17) is 9.15 Å². The van der Waals surface area contributed by atoms with E-state index in [0.29, 0.717) is 13.1 Å². The molecule has 0 saturated carbocycles. The van der Waals surface area contributed by atoms with Crippen LogP contribution in [0.15, 0.2) is 51.9 Å². The number of rotatable bonds is 5. The lowest BCUT2D eigenvalue weighted by Crippen LogP contribution is -2.43. The molecule has 0 N–H and O–H groups in total. The summed E-state index contributed by atoms with van der Waals surface area (Å²) in [6.45, 7) is 3.19. The molecule has 1 aromatic heterocycles. The summed E-state index contributed by atoms with van der Waals surface area (Å²) in [5.74, 6) is -0.387. The van der Waals surface area contributed by atoms with E-state index in [-0.39, 0.29) is 36.4 Å². The van der Waals surface area contributed by atoms with Gasteiger partial charge in [-0.15, -0.1) is 0 Å². The Morgan fingerprint density at radius 2 is 2.00 bits per heavy atom. The zero-order chi connectivity index (χ0) is 20.1. The fourth-order valence-corrected chi connectivity index (χ4v) is 3.37. The molecule has 2 amide bonds. The van der Waals surface area contributed by atoms with Crippen LogP contribution >= 0.6 is 0 Å². The molecule has 1 aromatic carbocycles. The molecule has 3 rings (SSSR count). The van der Waals surface area contributed by atoms with Gasteiger partial charge in [0.15, 0.2) is 5.76 Å². The predicted octanol–water partition coefficient (Wildman–Crippen LogP) is 2.30. The Labute approximate surface area is 163 Å². The Kier molecular flexibility index (Phi) is 6.13. The summed E-state index contributed by atoms with van der Waals surface area (Å²) in [7, 11) is 1.36. The van der Waals surface area contributed by atoms with Crippen LogP contribution in [-0.4, -0.2) is 47.9 Å². The highest BCUT2D eigenvalue weighted by Gasteiger charge is 2.32. The third-order valence-electron chi connectivity index (χ3n) is 4.97. The number of carbonyl (C=O) groups excluding carboxylic acids is 2. The minimum atomic E-state index is -0.416. The summed E-state index contributed by atoms with van der Waals surface area (Å²) in [4.78, 5) is 40.9. The first-order valence-corrected chi connectivity index (χ1v) is 9.33. The maximum Gasteiger partial charge on any atom is 0.289 e. The van der Waals surface area contributed by atoms with Crippen molar-refractivity contribution in [3.05, 3.63) is 64.2 Å². The van der Waals surface area contributed by atoms with Crippen molar-refractivity contribution in [1.29, 1.82) is 0 Å². The Balaban J connectivity index is 1.79. The van der Waals surface area contributed by atoms with E-state index in [9.17, 15) is 14.4 Å². The van der Waals surface area contributed by atoms with Crippen molar-refractivity contribution in [3.8, 4) is 5.75 Å². The fraction of sp³-hybridized carbons (Fsp3) is 0.381. The normalized spacial score (nSPS) is 17.4. The highest BCUT2D eigenvalue weighted by Crippen LogP contribution is 2.19. The molecular formula is C21H24N2O5. The molecule has 0 aliphatic carbocycles. The van der Waals surface area contributed by atoms with Crippen LogP contribution in [0.2, 0.25) is 0 Å². The average Bonchev–Trinajstić information content (AvgIpc) is 2.87. The third-order valence-corrected chi connectivity index (χ3v) is 4.97. The Morgan fingerprint density at radius 3 is 2.64 bits per heavy atom. The lowest BCUT2D eigenvalue weighted by molar-refractivity contribution is -0.133. The highest BCUT2D eigenvalue weighted by molar-refractivity contribution is 5.92. The summed E-state index contributed by atoms with van der Waals surface area (Å²) in [6.07, 6.45) is 2.09. The zero-order valence-corrected chi connectivity index (χ0v) is 16.1. The number of amides is 2. The SMILES string of the molecule is CC[C@H]1CN(C(=O)c2cc(=O)c(OC)co2)CCC(=O)N1Cc1ccccc1. The van der Waals surface area contributed by atoms with Gasteiger partial charge in [-0.1, -0.05) is 37.3 Å². The summed E-state index contributed by atoms with van der Waals surface area (Å²) >= 11 is 0. The van der Waals surface area contributed by atoms with E-state index in [1.54, 1.807) is 4.90 Å². The van der Waals surface area contributed by atoms with Gasteiger partial charge in [0, 0.05) is 38.2 Å². The van der Waals surface area contributed by atoms with E-state index in [1.807, 2.05) is 42.2 Å². The van der Waals surface area contributed by atoms with Crippen LogP contribution in [0.4, 0.5) is 0 Å². The number of nitrogens with zero attached hydrogens (tertiary/aromatic N) is 2. The Morgan fingerprint density at radius 1 is 1.25 bits per heavy atom. The van der Waals surface area contributed by atoms with Crippen LogP contribution in [0.3, 0.4) is 0 Å². The van der Waals surface area contributed by atoms with Crippen LogP contribution < -0.4 is 10.2 Å². The molecular weight excluding hydrogens is 360 g/mol. The van der Waals surface area contributed by atoms with Crippen molar-refractivity contribution >= 4 is 11.8 Å². The van der Waals surface area contributed by atoms with Crippen LogP contribution in [-0.2, 0) is 11.3 Å². The van der Waals surface area contributed by atoms with E-state index >= 15 is 0 Å². The second kappa shape index (κ2) is 8.73. The van der Waals surface area contributed by atoms with Crippen LogP contribution in [0.1, 0.15) is 35.9 Å². The van der Waals surface area contributed by atoms with E-state index in [0.717, 1.165) is 24.3 Å². The summed E-state index contributed by atoms with van der Waals surface area (Å²) in [5, 5.41) is 0. The molecule has 28 heavy (non-hydrogen) atoms.